The van der Waals surface area contributed by atoms with Gasteiger partial charge in [0.05, 0.1) is 23.3 Å². The van der Waals surface area contributed by atoms with Crippen molar-refractivity contribution in [2.75, 3.05) is 19.7 Å². The molecule has 7 nitrogen and oxygen atoms in total. The predicted octanol–water partition coefficient (Wildman–Crippen LogP) is 5.48. The Hall–Kier alpha value is -3.81. The lowest BCUT2D eigenvalue weighted by molar-refractivity contribution is -0.173. The number of fused-ring (bicyclic) bond motifs is 4. The largest absolute Gasteiger partial charge is 0.485 e. The first-order valence-electron chi connectivity index (χ1n) is 16.2. The highest BCUT2D eigenvalue weighted by atomic mass is 16.5. The number of carbonyl (C=O) groups is 1. The fourth-order valence-corrected chi connectivity index (χ4v) is 9.15. The second kappa shape index (κ2) is 9.59. The van der Waals surface area contributed by atoms with Gasteiger partial charge in [-0.15, -0.1) is 0 Å². The lowest BCUT2D eigenvalue weighted by Gasteiger charge is -2.63. The average molecular weight is 591 g/mol. The van der Waals surface area contributed by atoms with Gasteiger partial charge in [0.15, 0.2) is 17.6 Å². The minimum absolute atomic E-state index is 0.00203. The van der Waals surface area contributed by atoms with Crippen LogP contribution in [-0.4, -0.2) is 51.9 Å². The Morgan fingerprint density at radius 1 is 1.07 bits per heavy atom. The topological polar surface area (TPSA) is 73.2 Å². The van der Waals surface area contributed by atoms with Crippen LogP contribution in [-0.2, 0) is 40.9 Å². The van der Waals surface area contributed by atoms with Gasteiger partial charge in [0, 0.05) is 35.5 Å². The van der Waals surface area contributed by atoms with Crippen molar-refractivity contribution in [3.8, 4) is 11.5 Å². The third kappa shape index (κ3) is 3.60. The quantitative estimate of drug-likeness (QED) is 0.274. The van der Waals surface area contributed by atoms with Crippen LogP contribution < -0.4 is 9.47 Å². The molecule has 3 aliphatic carbocycles. The van der Waals surface area contributed by atoms with E-state index in [4.69, 9.17) is 14.2 Å². The second-order valence-corrected chi connectivity index (χ2v) is 13.5. The molecule has 2 fully saturated rings. The maximum Gasteiger partial charge on any atom is 0.325 e. The fraction of sp³-hybridized carbons (Fsp3) is 0.432. The molecule has 5 aliphatic rings. The minimum Gasteiger partial charge on any atom is -0.485 e. The van der Waals surface area contributed by atoms with Crippen molar-refractivity contribution in [2.24, 2.45) is 5.92 Å². The summed E-state index contributed by atoms with van der Waals surface area (Å²) in [5, 5.41) is 14.4. The van der Waals surface area contributed by atoms with E-state index in [2.05, 4.69) is 45.9 Å². The van der Waals surface area contributed by atoms with E-state index in [1.807, 2.05) is 37.3 Å². The molecule has 2 aliphatic heterocycles. The molecule has 226 valence electrons. The number of hydrogen-bond acceptors (Lipinski definition) is 6. The Morgan fingerprint density at radius 3 is 2.70 bits per heavy atom. The van der Waals surface area contributed by atoms with Crippen LogP contribution in [0.3, 0.4) is 0 Å². The van der Waals surface area contributed by atoms with Crippen LogP contribution in [0.2, 0.25) is 0 Å². The highest BCUT2D eigenvalue weighted by Crippen LogP contribution is 2.69. The van der Waals surface area contributed by atoms with Crippen LogP contribution in [0.15, 0.2) is 66.7 Å². The first-order valence-corrected chi connectivity index (χ1v) is 16.2. The van der Waals surface area contributed by atoms with Gasteiger partial charge < -0.3 is 23.9 Å². The van der Waals surface area contributed by atoms with E-state index in [0.29, 0.717) is 25.4 Å². The van der Waals surface area contributed by atoms with Gasteiger partial charge in [-0.25, -0.2) is 0 Å². The van der Waals surface area contributed by atoms with Crippen molar-refractivity contribution in [1.29, 1.82) is 0 Å². The lowest BCUT2D eigenvalue weighted by atomic mass is 9.49. The number of nitrogens with zero attached hydrogens (tertiary/aromatic N) is 2. The highest BCUT2D eigenvalue weighted by molar-refractivity contribution is 5.88. The van der Waals surface area contributed by atoms with Gasteiger partial charge in [0.25, 0.3) is 0 Å². The molecule has 44 heavy (non-hydrogen) atoms. The predicted molar refractivity (Wildman–Crippen MR) is 166 cm³/mol. The Labute approximate surface area is 257 Å². The molecule has 1 saturated heterocycles. The van der Waals surface area contributed by atoms with Gasteiger partial charge in [0.2, 0.25) is 0 Å². The minimum atomic E-state index is -1.02. The summed E-state index contributed by atoms with van der Waals surface area (Å²) in [6, 6.07) is 22.7. The first-order chi connectivity index (χ1) is 21.5. The van der Waals surface area contributed by atoms with Crippen molar-refractivity contribution in [1.82, 2.24) is 9.47 Å². The number of carbonyl (C=O) groups excluding carboxylic acids is 1. The normalized spacial score (nSPS) is 27.9. The van der Waals surface area contributed by atoms with E-state index < -0.39 is 17.1 Å². The summed E-state index contributed by atoms with van der Waals surface area (Å²) in [6.07, 6.45) is 4.23. The molecule has 3 heterocycles. The zero-order chi connectivity index (χ0) is 29.6. The SMILES string of the molecule is CCOC(=O)Cn1c2c(c3ccccc31)C[C@@]1(O)[C@@H]3Cc4ccc(OCc5ccccc5)c5c4[C@@]1(CCN3CC1CC1)[C@H]2O5. The number of ether oxygens (including phenoxy) is 3. The molecule has 9 rings (SSSR count). The maximum atomic E-state index is 13.3. The molecule has 1 aromatic heterocycles. The molecule has 3 aromatic carbocycles. The molecule has 1 N–H and O–H groups in total. The van der Waals surface area contributed by atoms with Gasteiger partial charge >= 0.3 is 5.97 Å². The number of aliphatic hydroxyl groups is 1. The first kappa shape index (κ1) is 26.6. The van der Waals surface area contributed by atoms with Crippen LogP contribution in [0.4, 0.5) is 0 Å². The van der Waals surface area contributed by atoms with Crippen LogP contribution >= 0.6 is 0 Å². The third-order valence-electron chi connectivity index (χ3n) is 11.1. The number of benzene rings is 3. The Morgan fingerprint density at radius 2 is 1.89 bits per heavy atom. The summed E-state index contributed by atoms with van der Waals surface area (Å²) in [4.78, 5) is 15.6. The zero-order valence-corrected chi connectivity index (χ0v) is 25.1. The van der Waals surface area contributed by atoms with Crippen LogP contribution in [0.25, 0.3) is 10.9 Å². The molecule has 4 aromatic rings. The monoisotopic (exact) mass is 590 g/mol. The van der Waals surface area contributed by atoms with Crippen molar-refractivity contribution in [2.45, 2.75) is 75.3 Å². The summed E-state index contributed by atoms with van der Waals surface area (Å²) >= 11 is 0. The number of aromatic nitrogens is 1. The van der Waals surface area contributed by atoms with E-state index in [0.717, 1.165) is 70.9 Å². The Kier molecular flexibility index (Phi) is 5.80. The van der Waals surface area contributed by atoms with Gasteiger partial charge in [-0.3, -0.25) is 9.69 Å². The van der Waals surface area contributed by atoms with Crippen molar-refractivity contribution >= 4 is 16.9 Å². The molecular weight excluding hydrogens is 552 g/mol. The van der Waals surface area contributed by atoms with Crippen LogP contribution in [0.1, 0.15) is 60.2 Å². The van der Waals surface area contributed by atoms with E-state index in [9.17, 15) is 9.90 Å². The number of hydrogen-bond donors (Lipinski definition) is 1. The van der Waals surface area contributed by atoms with Crippen LogP contribution in [0.5, 0.6) is 11.5 Å². The number of para-hydroxylation sites is 1. The standard InChI is InChI=1S/C37H38N2O5/c1-2-42-31(40)21-39-28-11-7-6-10-26(28)27-19-37(41)30-18-25-14-15-29(43-22-24-8-4-3-5-9-24)34-32(25)36(37,35(44-34)33(27)39)16-17-38(30)20-23-12-13-23/h3-11,14-15,23,30,35,41H,2,12-13,16-22H2,1H3/t30-,35-,36-,37+/m0/s1. The molecule has 4 atom stereocenters. The summed E-state index contributed by atoms with van der Waals surface area (Å²) in [6.45, 7) is 4.68. The van der Waals surface area contributed by atoms with Gasteiger partial charge in [0.1, 0.15) is 13.2 Å². The fourth-order valence-electron chi connectivity index (χ4n) is 9.15. The molecule has 0 unspecified atom stereocenters. The molecule has 2 bridgehead atoms. The summed E-state index contributed by atoms with van der Waals surface area (Å²) in [5.74, 6) is 1.95. The molecule has 0 amide bonds. The molecule has 1 spiro atoms. The number of likely N-dealkylation sites (tertiary alicyclic amines) is 1. The van der Waals surface area contributed by atoms with Gasteiger partial charge in [-0.05, 0) is 73.9 Å². The summed E-state index contributed by atoms with van der Waals surface area (Å²) in [7, 11) is 0. The summed E-state index contributed by atoms with van der Waals surface area (Å²) in [5.41, 5.74) is 4.87. The van der Waals surface area contributed by atoms with E-state index in [1.54, 1.807) is 0 Å². The Balaban J connectivity index is 1.24. The lowest BCUT2D eigenvalue weighted by Crippen LogP contribution is -2.74. The molecule has 7 heteroatoms. The number of rotatable bonds is 8. The summed E-state index contributed by atoms with van der Waals surface area (Å²) < 4.78 is 21.2. The van der Waals surface area contributed by atoms with Crippen molar-refractivity contribution in [3.63, 3.8) is 0 Å². The maximum absolute atomic E-state index is 13.3. The van der Waals surface area contributed by atoms with Crippen LogP contribution in [0, 0.1) is 5.92 Å². The number of esters is 1. The van der Waals surface area contributed by atoms with Crippen molar-refractivity contribution in [3.05, 3.63) is 94.7 Å². The average Bonchev–Trinajstić information content (AvgIpc) is 3.71. The van der Waals surface area contributed by atoms with Gasteiger partial charge in [-0.1, -0.05) is 54.6 Å². The third-order valence-corrected chi connectivity index (χ3v) is 11.1. The second-order valence-electron chi connectivity index (χ2n) is 13.5. The molecule has 1 saturated carbocycles. The smallest absolute Gasteiger partial charge is 0.325 e. The van der Waals surface area contributed by atoms with E-state index >= 15 is 0 Å². The highest BCUT2D eigenvalue weighted by Gasteiger charge is 2.73. The number of piperidine rings is 1. The Bertz CT molecular complexity index is 1790. The molecular formula is C37H38N2O5. The van der Waals surface area contributed by atoms with E-state index in [-0.39, 0.29) is 18.6 Å². The van der Waals surface area contributed by atoms with Crippen molar-refractivity contribution < 1.29 is 24.1 Å². The zero-order valence-electron chi connectivity index (χ0n) is 25.1. The van der Waals surface area contributed by atoms with Gasteiger partial charge in [-0.2, -0.15) is 0 Å². The van der Waals surface area contributed by atoms with E-state index in [1.165, 1.54) is 18.4 Å². The molecule has 0 radical (unpaired) electrons.